The number of hydrogen-bond acceptors (Lipinski definition) is 4. The zero-order valence-electron chi connectivity index (χ0n) is 17.1. The molecule has 2 aromatic rings. The Bertz CT molecular complexity index is 981. The zero-order chi connectivity index (χ0) is 21.1. The Kier molecular flexibility index (Phi) is 5.57. The molecule has 2 aliphatic heterocycles. The van der Waals surface area contributed by atoms with Crippen LogP contribution in [0.1, 0.15) is 58.0 Å². The van der Waals surface area contributed by atoms with Crippen molar-refractivity contribution in [2.45, 2.75) is 44.8 Å². The average Bonchev–Trinajstić information content (AvgIpc) is 2.77. The number of ether oxygens (including phenoxy) is 1. The minimum atomic E-state index is -1.26. The third kappa shape index (κ3) is 4.08. The summed E-state index contributed by atoms with van der Waals surface area (Å²) in [7, 11) is 0. The second kappa shape index (κ2) is 8.30. The number of esters is 1. The number of carbonyl (C=O) groups is 3. The molecule has 0 radical (unpaired) electrons. The van der Waals surface area contributed by atoms with Crippen molar-refractivity contribution in [2.24, 2.45) is 0 Å². The summed E-state index contributed by atoms with van der Waals surface area (Å²) in [6, 6.07) is 14.5. The maximum absolute atomic E-state index is 12.9. The van der Waals surface area contributed by atoms with E-state index in [1.54, 1.807) is 19.1 Å². The quantitative estimate of drug-likeness (QED) is 0.792. The fourth-order valence-corrected chi connectivity index (χ4v) is 4.12. The topological polar surface area (TPSA) is 75.7 Å². The summed E-state index contributed by atoms with van der Waals surface area (Å²) < 4.78 is 5.48. The summed E-state index contributed by atoms with van der Waals surface area (Å²) in [5, 5.41) is 2.87. The summed E-state index contributed by atoms with van der Waals surface area (Å²) in [6.45, 7) is 3.48. The molecular formula is C24H26N2O4. The summed E-state index contributed by atoms with van der Waals surface area (Å²) in [4.78, 5) is 39.8. The van der Waals surface area contributed by atoms with Gasteiger partial charge in [0.05, 0.1) is 5.56 Å². The number of cyclic esters (lactones) is 1. The molecule has 0 spiro atoms. The first-order valence-corrected chi connectivity index (χ1v) is 10.4. The molecule has 1 saturated heterocycles. The molecule has 2 amide bonds. The molecule has 1 fully saturated rings. The molecule has 6 nitrogen and oxygen atoms in total. The molecule has 2 aliphatic rings. The largest absolute Gasteiger partial charge is 0.445 e. The number of nitrogens with zero attached hydrogens (tertiary/aromatic N) is 1. The summed E-state index contributed by atoms with van der Waals surface area (Å²) in [5.41, 5.74) is 1.52. The first-order chi connectivity index (χ1) is 14.5. The number of nitrogens with one attached hydrogen (secondary N) is 1. The molecule has 1 atom stereocenters. The average molecular weight is 406 g/mol. The lowest BCUT2D eigenvalue weighted by Gasteiger charge is -2.33. The van der Waals surface area contributed by atoms with Gasteiger partial charge in [0, 0.05) is 31.6 Å². The number of carbonyl (C=O) groups excluding carboxylic acids is 3. The van der Waals surface area contributed by atoms with Crippen LogP contribution in [0.3, 0.4) is 0 Å². The van der Waals surface area contributed by atoms with Gasteiger partial charge in [-0.3, -0.25) is 9.59 Å². The molecule has 6 heteroatoms. The van der Waals surface area contributed by atoms with Crippen molar-refractivity contribution < 1.29 is 19.1 Å². The Morgan fingerprint density at radius 2 is 1.83 bits per heavy atom. The van der Waals surface area contributed by atoms with Crippen LogP contribution in [-0.2, 0) is 22.5 Å². The highest BCUT2D eigenvalue weighted by atomic mass is 16.6. The number of hydrogen-bond donors (Lipinski definition) is 1. The van der Waals surface area contributed by atoms with Crippen molar-refractivity contribution in [2.75, 3.05) is 13.1 Å². The van der Waals surface area contributed by atoms with E-state index in [2.05, 4.69) is 5.32 Å². The van der Waals surface area contributed by atoms with E-state index in [4.69, 9.17) is 4.74 Å². The van der Waals surface area contributed by atoms with Crippen molar-refractivity contribution >= 4 is 17.8 Å². The van der Waals surface area contributed by atoms with E-state index in [0.717, 1.165) is 37.1 Å². The predicted molar refractivity (Wildman–Crippen MR) is 112 cm³/mol. The minimum absolute atomic E-state index is 0.0349. The maximum Gasteiger partial charge on any atom is 0.339 e. The van der Waals surface area contributed by atoms with Gasteiger partial charge >= 0.3 is 5.97 Å². The molecule has 1 N–H and O–H groups in total. The minimum Gasteiger partial charge on any atom is -0.445 e. The van der Waals surface area contributed by atoms with Gasteiger partial charge in [-0.25, -0.2) is 4.79 Å². The van der Waals surface area contributed by atoms with Crippen LogP contribution in [-0.4, -0.2) is 41.4 Å². The molecule has 2 heterocycles. The van der Waals surface area contributed by atoms with Gasteiger partial charge in [0.15, 0.2) is 5.60 Å². The maximum atomic E-state index is 12.9. The van der Waals surface area contributed by atoms with Crippen molar-refractivity contribution in [3.63, 3.8) is 0 Å². The summed E-state index contributed by atoms with van der Waals surface area (Å²) >= 11 is 0. The first kappa shape index (κ1) is 20.1. The molecule has 1 unspecified atom stereocenters. The number of rotatable bonds is 4. The number of benzene rings is 2. The highest BCUT2D eigenvalue weighted by Gasteiger charge is 2.42. The van der Waals surface area contributed by atoms with E-state index in [9.17, 15) is 14.4 Å². The van der Waals surface area contributed by atoms with Gasteiger partial charge < -0.3 is 15.0 Å². The molecule has 0 aliphatic carbocycles. The zero-order valence-corrected chi connectivity index (χ0v) is 17.1. The van der Waals surface area contributed by atoms with E-state index in [1.807, 2.05) is 41.3 Å². The van der Waals surface area contributed by atoms with Crippen molar-refractivity contribution in [1.82, 2.24) is 10.2 Å². The van der Waals surface area contributed by atoms with Crippen LogP contribution < -0.4 is 5.32 Å². The second-order valence-corrected chi connectivity index (χ2v) is 8.19. The number of amides is 2. The lowest BCUT2D eigenvalue weighted by atomic mass is 9.89. The monoisotopic (exact) mass is 406 g/mol. The number of piperidine rings is 1. The van der Waals surface area contributed by atoms with Gasteiger partial charge in [-0.1, -0.05) is 30.3 Å². The van der Waals surface area contributed by atoms with Gasteiger partial charge in [-0.05, 0) is 55.5 Å². The fraction of sp³-hybridized carbons (Fsp3) is 0.375. The van der Waals surface area contributed by atoms with Crippen LogP contribution in [0.25, 0.3) is 0 Å². The molecule has 0 saturated carbocycles. The molecule has 30 heavy (non-hydrogen) atoms. The molecule has 0 aromatic heterocycles. The van der Waals surface area contributed by atoms with Gasteiger partial charge in [0.25, 0.3) is 11.8 Å². The Hall–Kier alpha value is -3.15. The third-order valence-corrected chi connectivity index (χ3v) is 5.83. The fourth-order valence-electron chi connectivity index (χ4n) is 4.12. The van der Waals surface area contributed by atoms with Crippen LogP contribution >= 0.6 is 0 Å². The van der Waals surface area contributed by atoms with E-state index in [-0.39, 0.29) is 18.4 Å². The van der Waals surface area contributed by atoms with Crippen LogP contribution in [0.4, 0.5) is 0 Å². The Labute approximate surface area is 176 Å². The van der Waals surface area contributed by atoms with Crippen LogP contribution in [0.2, 0.25) is 0 Å². The Morgan fingerprint density at radius 3 is 2.63 bits per heavy atom. The van der Waals surface area contributed by atoms with E-state index >= 15 is 0 Å². The lowest BCUT2D eigenvalue weighted by molar-refractivity contribution is -0.139. The van der Waals surface area contributed by atoms with Gasteiger partial charge in [-0.2, -0.15) is 0 Å². The lowest BCUT2D eigenvalue weighted by Crippen LogP contribution is -2.51. The van der Waals surface area contributed by atoms with Gasteiger partial charge in [0.1, 0.15) is 0 Å². The van der Waals surface area contributed by atoms with Crippen molar-refractivity contribution in [3.05, 3.63) is 70.8 Å². The molecular weight excluding hydrogens is 380 g/mol. The van der Waals surface area contributed by atoms with E-state index < -0.39 is 11.6 Å². The third-order valence-electron chi connectivity index (χ3n) is 5.83. The van der Waals surface area contributed by atoms with Crippen LogP contribution in [0, 0.1) is 0 Å². The van der Waals surface area contributed by atoms with Crippen molar-refractivity contribution in [3.8, 4) is 0 Å². The summed E-state index contributed by atoms with van der Waals surface area (Å²) in [5.74, 6) is -0.797. The first-order valence-electron chi connectivity index (χ1n) is 10.4. The summed E-state index contributed by atoms with van der Waals surface area (Å²) in [6.07, 6.45) is 3.59. The number of likely N-dealkylation sites (tertiary alicyclic amines) is 1. The van der Waals surface area contributed by atoms with E-state index in [1.165, 1.54) is 6.42 Å². The normalized spacial score (nSPS) is 20.8. The van der Waals surface area contributed by atoms with E-state index in [0.29, 0.717) is 17.5 Å². The number of fused-ring (bicyclic) bond motifs is 1. The van der Waals surface area contributed by atoms with Gasteiger partial charge in [0.2, 0.25) is 0 Å². The van der Waals surface area contributed by atoms with Gasteiger partial charge in [-0.15, -0.1) is 0 Å². The SMILES string of the molecule is CC1(C(=O)NCc2cccc(C(=O)N3CCCCC3)c2)Cc2ccccc2C(=O)O1. The smallest absolute Gasteiger partial charge is 0.339 e. The van der Waals surface area contributed by atoms with Crippen LogP contribution in [0.15, 0.2) is 48.5 Å². The predicted octanol–water partition coefficient (Wildman–Crippen LogP) is 3.10. The Balaban J connectivity index is 1.42. The molecule has 2 aromatic carbocycles. The van der Waals surface area contributed by atoms with Crippen LogP contribution in [0.5, 0.6) is 0 Å². The molecule has 0 bridgehead atoms. The standard InChI is InChI=1S/C24H26N2O4/c1-24(15-19-9-3-4-11-20(19)22(28)30-24)23(29)25-16-17-8-7-10-18(14-17)21(27)26-12-5-2-6-13-26/h3-4,7-11,14H,2,5-6,12-13,15-16H2,1H3,(H,25,29). The molecule has 156 valence electrons. The highest BCUT2D eigenvalue weighted by Crippen LogP contribution is 2.28. The second-order valence-electron chi connectivity index (χ2n) is 8.19. The Morgan fingerprint density at radius 1 is 1.07 bits per heavy atom. The highest BCUT2D eigenvalue weighted by molar-refractivity contribution is 5.97. The molecule has 4 rings (SSSR count). The van der Waals surface area contributed by atoms with Crippen molar-refractivity contribution in [1.29, 1.82) is 0 Å².